The number of carbonyl (C=O) groups excluding carboxylic acids is 1. The van der Waals surface area contributed by atoms with Crippen LogP contribution in [0.25, 0.3) is 0 Å². The Bertz CT molecular complexity index is 307. The Hall–Kier alpha value is -0.770. The molecule has 4 aliphatic rings. The highest BCUT2D eigenvalue weighted by atomic mass is 16.2. The van der Waals surface area contributed by atoms with E-state index in [0.29, 0.717) is 6.54 Å². The van der Waals surface area contributed by atoms with Gasteiger partial charge in [-0.05, 0) is 69.2 Å². The topological polar surface area (TPSA) is 72.3 Å². The summed E-state index contributed by atoms with van der Waals surface area (Å²) in [4.78, 5) is 13.8. The average Bonchev–Trinajstić information content (AvgIpc) is 2.26. The van der Waals surface area contributed by atoms with Crippen LogP contribution < -0.4 is 11.5 Å². The maximum absolute atomic E-state index is 11.8. The number of nitrogens with two attached hydrogens (primary N) is 2. The third-order valence-electron chi connectivity index (χ3n) is 5.43. The van der Waals surface area contributed by atoms with E-state index in [9.17, 15) is 4.79 Å². The van der Waals surface area contributed by atoms with Gasteiger partial charge in [0.1, 0.15) is 0 Å². The van der Waals surface area contributed by atoms with E-state index in [1.54, 1.807) is 0 Å². The summed E-state index contributed by atoms with van der Waals surface area (Å²) in [6.07, 6.45) is 8.60. The maximum Gasteiger partial charge on any atom is 0.315 e. The molecule has 0 aliphatic heterocycles. The minimum atomic E-state index is -0.231. The van der Waals surface area contributed by atoms with Crippen LogP contribution in [0.3, 0.4) is 0 Å². The van der Waals surface area contributed by atoms with Crippen molar-refractivity contribution >= 4 is 6.03 Å². The van der Waals surface area contributed by atoms with Crippen molar-refractivity contribution in [2.24, 2.45) is 29.2 Å². The number of hydrogen-bond acceptors (Lipinski definition) is 2. The molecule has 2 amide bonds. The van der Waals surface area contributed by atoms with Crippen molar-refractivity contribution in [2.75, 3.05) is 13.1 Å². The zero-order chi connectivity index (χ0) is 12.8. The Morgan fingerprint density at radius 3 is 2.00 bits per heavy atom. The second kappa shape index (κ2) is 4.41. The molecule has 4 aliphatic carbocycles. The van der Waals surface area contributed by atoms with Gasteiger partial charge in [-0.3, -0.25) is 0 Å². The predicted octanol–water partition coefficient (Wildman–Crippen LogP) is 1.68. The SMILES string of the molecule is NCCCN(C(N)=O)C12CC3CC(CC(C3)C1)C2. The number of amides is 2. The monoisotopic (exact) mass is 251 g/mol. The van der Waals surface area contributed by atoms with Gasteiger partial charge in [0.15, 0.2) is 0 Å². The van der Waals surface area contributed by atoms with Crippen molar-refractivity contribution in [3.8, 4) is 0 Å². The number of nitrogens with zero attached hydrogens (tertiary/aromatic N) is 1. The molecule has 4 saturated carbocycles. The van der Waals surface area contributed by atoms with Gasteiger partial charge >= 0.3 is 6.03 Å². The lowest BCUT2D eigenvalue weighted by atomic mass is 9.52. The first-order chi connectivity index (χ1) is 8.63. The van der Waals surface area contributed by atoms with E-state index in [1.807, 2.05) is 4.90 Å². The molecule has 0 spiro atoms. The van der Waals surface area contributed by atoms with Gasteiger partial charge in [0.2, 0.25) is 0 Å². The Labute approximate surface area is 109 Å². The fourth-order valence-corrected chi connectivity index (χ4v) is 5.23. The zero-order valence-corrected chi connectivity index (χ0v) is 11.1. The molecule has 0 aromatic heterocycles. The van der Waals surface area contributed by atoms with E-state index < -0.39 is 0 Å². The Kier molecular flexibility index (Phi) is 3.00. The fourth-order valence-electron chi connectivity index (χ4n) is 5.23. The molecule has 102 valence electrons. The van der Waals surface area contributed by atoms with E-state index in [1.165, 1.54) is 38.5 Å². The van der Waals surface area contributed by atoms with Crippen molar-refractivity contribution < 1.29 is 4.79 Å². The maximum atomic E-state index is 11.8. The van der Waals surface area contributed by atoms with Crippen LogP contribution in [0.1, 0.15) is 44.9 Å². The molecule has 18 heavy (non-hydrogen) atoms. The van der Waals surface area contributed by atoms with Gasteiger partial charge < -0.3 is 16.4 Å². The molecule has 0 aromatic carbocycles. The van der Waals surface area contributed by atoms with Gasteiger partial charge in [0.05, 0.1) is 0 Å². The van der Waals surface area contributed by atoms with E-state index in [0.717, 1.165) is 30.7 Å². The molecule has 4 rings (SSSR count). The molecule has 0 atom stereocenters. The third-order valence-corrected chi connectivity index (χ3v) is 5.43. The first-order valence-corrected chi connectivity index (χ1v) is 7.40. The second-order valence-corrected chi connectivity index (χ2v) is 6.77. The molecular formula is C14H25N3O. The number of rotatable bonds is 4. The van der Waals surface area contributed by atoms with Crippen molar-refractivity contribution in [1.29, 1.82) is 0 Å². The Morgan fingerprint density at radius 1 is 1.11 bits per heavy atom. The fraction of sp³-hybridized carbons (Fsp3) is 0.929. The molecular weight excluding hydrogens is 226 g/mol. The largest absolute Gasteiger partial charge is 0.351 e. The minimum Gasteiger partial charge on any atom is -0.351 e. The molecule has 4 heteroatoms. The van der Waals surface area contributed by atoms with Crippen LogP contribution in [0.15, 0.2) is 0 Å². The summed E-state index contributed by atoms with van der Waals surface area (Å²) in [6.45, 7) is 1.38. The minimum absolute atomic E-state index is 0.0930. The Morgan fingerprint density at radius 2 is 1.61 bits per heavy atom. The summed E-state index contributed by atoms with van der Waals surface area (Å²) in [5.74, 6) is 2.53. The van der Waals surface area contributed by atoms with Gasteiger partial charge in [0, 0.05) is 12.1 Å². The Balaban J connectivity index is 1.81. The van der Waals surface area contributed by atoms with Gasteiger partial charge in [-0.2, -0.15) is 0 Å². The van der Waals surface area contributed by atoms with Crippen LogP contribution >= 0.6 is 0 Å². The number of urea groups is 1. The second-order valence-electron chi connectivity index (χ2n) is 6.77. The summed E-state index contributed by atoms with van der Waals surface area (Å²) in [5.41, 5.74) is 11.3. The molecule has 4 bridgehead atoms. The van der Waals surface area contributed by atoms with Gasteiger partial charge in [-0.25, -0.2) is 4.79 Å². The summed E-state index contributed by atoms with van der Waals surface area (Å²) in [7, 11) is 0. The van der Waals surface area contributed by atoms with Gasteiger partial charge in [0.25, 0.3) is 0 Å². The smallest absolute Gasteiger partial charge is 0.315 e. The van der Waals surface area contributed by atoms with Crippen molar-refractivity contribution in [1.82, 2.24) is 4.90 Å². The van der Waals surface area contributed by atoms with E-state index in [2.05, 4.69) is 0 Å². The highest BCUT2D eigenvalue weighted by Crippen LogP contribution is 2.57. The third kappa shape index (κ3) is 1.91. The lowest BCUT2D eigenvalue weighted by Crippen LogP contribution is -2.62. The van der Waals surface area contributed by atoms with Crippen LogP contribution in [-0.4, -0.2) is 29.6 Å². The van der Waals surface area contributed by atoms with Crippen LogP contribution in [0.2, 0.25) is 0 Å². The van der Waals surface area contributed by atoms with E-state index in [-0.39, 0.29) is 11.6 Å². The molecule has 0 unspecified atom stereocenters. The highest BCUT2D eigenvalue weighted by molar-refractivity contribution is 5.73. The standard InChI is InChI=1S/C14H25N3O/c15-2-1-3-17(13(16)18)14-7-10-4-11(8-14)6-12(5-10)9-14/h10-12H,1-9,15H2,(H2,16,18). The normalized spacial score (nSPS) is 41.1. The number of carbonyl (C=O) groups is 1. The van der Waals surface area contributed by atoms with Crippen LogP contribution in [-0.2, 0) is 0 Å². The first kappa shape index (κ1) is 12.3. The van der Waals surface area contributed by atoms with Crippen molar-refractivity contribution in [3.05, 3.63) is 0 Å². The molecule has 4 fully saturated rings. The summed E-state index contributed by atoms with van der Waals surface area (Å²) in [5, 5.41) is 0. The summed E-state index contributed by atoms with van der Waals surface area (Å²) < 4.78 is 0. The zero-order valence-electron chi connectivity index (χ0n) is 11.1. The highest BCUT2D eigenvalue weighted by Gasteiger charge is 2.54. The molecule has 0 heterocycles. The lowest BCUT2D eigenvalue weighted by Gasteiger charge is -2.60. The summed E-state index contributed by atoms with van der Waals surface area (Å²) in [6, 6.07) is -0.231. The number of hydrogen-bond donors (Lipinski definition) is 2. The molecule has 0 saturated heterocycles. The molecule has 4 N–H and O–H groups in total. The van der Waals surface area contributed by atoms with Gasteiger partial charge in [-0.15, -0.1) is 0 Å². The van der Waals surface area contributed by atoms with Crippen molar-refractivity contribution in [3.63, 3.8) is 0 Å². The first-order valence-electron chi connectivity index (χ1n) is 7.40. The van der Waals surface area contributed by atoms with E-state index >= 15 is 0 Å². The molecule has 4 nitrogen and oxygen atoms in total. The van der Waals surface area contributed by atoms with Crippen LogP contribution in [0.5, 0.6) is 0 Å². The summed E-state index contributed by atoms with van der Waals surface area (Å²) >= 11 is 0. The quantitative estimate of drug-likeness (QED) is 0.798. The van der Waals surface area contributed by atoms with Gasteiger partial charge in [-0.1, -0.05) is 0 Å². The van der Waals surface area contributed by atoms with Crippen LogP contribution in [0, 0.1) is 17.8 Å². The molecule has 0 aromatic rings. The van der Waals surface area contributed by atoms with Crippen molar-refractivity contribution in [2.45, 2.75) is 50.5 Å². The molecule has 0 radical (unpaired) electrons. The lowest BCUT2D eigenvalue weighted by molar-refractivity contribution is -0.0691. The average molecular weight is 251 g/mol. The van der Waals surface area contributed by atoms with Crippen LogP contribution in [0.4, 0.5) is 4.79 Å². The predicted molar refractivity (Wildman–Crippen MR) is 70.9 cm³/mol. The van der Waals surface area contributed by atoms with E-state index in [4.69, 9.17) is 11.5 Å². The number of primary amides is 1.